The van der Waals surface area contributed by atoms with E-state index in [1.54, 1.807) is 12.1 Å². The van der Waals surface area contributed by atoms with E-state index in [-0.39, 0.29) is 0 Å². The summed E-state index contributed by atoms with van der Waals surface area (Å²) in [5.41, 5.74) is 1.11. The van der Waals surface area contributed by atoms with Gasteiger partial charge in [-0.2, -0.15) is 0 Å². The lowest BCUT2D eigenvalue weighted by Gasteiger charge is -2.16. The van der Waals surface area contributed by atoms with Crippen molar-refractivity contribution in [2.75, 3.05) is 18.4 Å². The van der Waals surface area contributed by atoms with Gasteiger partial charge in [-0.1, -0.05) is 0 Å². The minimum atomic E-state index is 0.330. The van der Waals surface area contributed by atoms with Crippen molar-refractivity contribution >= 4 is 5.69 Å². The first kappa shape index (κ1) is 9.97. The SMILES string of the molecule is Oc1ccc(NC2CCN(C3CC3)C2)cc1. The molecule has 1 atom stereocenters. The van der Waals surface area contributed by atoms with Gasteiger partial charge in [0.15, 0.2) is 0 Å². The fraction of sp³-hybridized carbons (Fsp3) is 0.538. The van der Waals surface area contributed by atoms with Crippen LogP contribution in [-0.2, 0) is 0 Å². The highest BCUT2D eigenvalue weighted by atomic mass is 16.3. The second-order valence-corrected chi connectivity index (χ2v) is 4.90. The number of rotatable bonds is 3. The van der Waals surface area contributed by atoms with Crippen LogP contribution in [-0.4, -0.2) is 35.2 Å². The molecule has 0 spiro atoms. The van der Waals surface area contributed by atoms with Gasteiger partial charge in [0.1, 0.15) is 5.75 Å². The van der Waals surface area contributed by atoms with Crippen molar-refractivity contribution in [2.24, 2.45) is 0 Å². The van der Waals surface area contributed by atoms with Crippen molar-refractivity contribution in [3.8, 4) is 5.75 Å². The Hall–Kier alpha value is -1.22. The molecule has 3 heteroatoms. The first-order valence-electron chi connectivity index (χ1n) is 6.11. The van der Waals surface area contributed by atoms with Gasteiger partial charge in [-0.3, -0.25) is 4.90 Å². The molecular weight excluding hydrogens is 200 g/mol. The number of benzene rings is 1. The van der Waals surface area contributed by atoms with Gasteiger partial charge < -0.3 is 10.4 Å². The normalized spacial score (nSPS) is 25.9. The van der Waals surface area contributed by atoms with Crippen LogP contribution in [0.5, 0.6) is 5.75 Å². The number of nitrogens with one attached hydrogen (secondary N) is 1. The maximum atomic E-state index is 9.20. The van der Waals surface area contributed by atoms with Crippen molar-refractivity contribution in [1.82, 2.24) is 4.90 Å². The van der Waals surface area contributed by atoms with Gasteiger partial charge in [0.2, 0.25) is 0 Å². The molecular formula is C13H18N2O. The lowest BCUT2D eigenvalue weighted by molar-refractivity contribution is 0.326. The van der Waals surface area contributed by atoms with Crippen LogP contribution in [0.2, 0.25) is 0 Å². The fourth-order valence-corrected chi connectivity index (χ4v) is 2.47. The lowest BCUT2D eigenvalue weighted by atomic mass is 10.2. The molecule has 1 saturated heterocycles. The Morgan fingerprint density at radius 1 is 1.12 bits per heavy atom. The molecule has 0 aromatic heterocycles. The number of phenols is 1. The minimum Gasteiger partial charge on any atom is -0.508 e. The highest BCUT2D eigenvalue weighted by molar-refractivity contribution is 5.46. The molecule has 0 radical (unpaired) electrons. The van der Waals surface area contributed by atoms with Crippen LogP contribution in [0.4, 0.5) is 5.69 Å². The van der Waals surface area contributed by atoms with Gasteiger partial charge in [0, 0.05) is 30.9 Å². The summed E-state index contributed by atoms with van der Waals surface area (Å²) in [6, 6.07) is 8.80. The van der Waals surface area contributed by atoms with E-state index in [2.05, 4.69) is 10.2 Å². The number of hydrogen-bond acceptors (Lipinski definition) is 3. The summed E-state index contributed by atoms with van der Waals surface area (Å²) in [5.74, 6) is 0.330. The van der Waals surface area contributed by atoms with Gasteiger partial charge in [0.05, 0.1) is 0 Å². The number of anilines is 1. The number of nitrogens with zero attached hydrogens (tertiary/aromatic N) is 1. The smallest absolute Gasteiger partial charge is 0.115 e. The molecule has 2 aliphatic rings. The van der Waals surface area contributed by atoms with E-state index in [9.17, 15) is 5.11 Å². The first-order chi connectivity index (χ1) is 7.81. The van der Waals surface area contributed by atoms with Crippen LogP contribution >= 0.6 is 0 Å². The van der Waals surface area contributed by atoms with Crippen LogP contribution in [0, 0.1) is 0 Å². The zero-order valence-corrected chi connectivity index (χ0v) is 9.39. The number of likely N-dealkylation sites (tertiary alicyclic amines) is 1. The summed E-state index contributed by atoms with van der Waals surface area (Å²) in [4.78, 5) is 2.60. The number of hydrogen-bond donors (Lipinski definition) is 2. The van der Waals surface area contributed by atoms with Crippen LogP contribution in [0.3, 0.4) is 0 Å². The molecule has 16 heavy (non-hydrogen) atoms. The molecule has 1 aromatic rings. The second kappa shape index (κ2) is 3.98. The minimum absolute atomic E-state index is 0.330. The monoisotopic (exact) mass is 218 g/mol. The average molecular weight is 218 g/mol. The second-order valence-electron chi connectivity index (χ2n) is 4.90. The summed E-state index contributed by atoms with van der Waals surface area (Å²) < 4.78 is 0. The summed E-state index contributed by atoms with van der Waals surface area (Å²) in [6.07, 6.45) is 4.02. The Bertz CT molecular complexity index is 359. The maximum Gasteiger partial charge on any atom is 0.115 e. The van der Waals surface area contributed by atoms with E-state index in [0.717, 1.165) is 11.7 Å². The predicted molar refractivity (Wildman–Crippen MR) is 64.7 cm³/mol. The number of aromatic hydroxyl groups is 1. The van der Waals surface area contributed by atoms with E-state index in [4.69, 9.17) is 0 Å². The molecule has 86 valence electrons. The fourth-order valence-electron chi connectivity index (χ4n) is 2.47. The molecule has 1 unspecified atom stereocenters. The van der Waals surface area contributed by atoms with Crippen molar-refractivity contribution in [2.45, 2.75) is 31.3 Å². The standard InChI is InChI=1S/C13H18N2O/c16-13-5-1-10(2-6-13)14-11-7-8-15(9-11)12-3-4-12/h1-2,5-6,11-12,14,16H,3-4,7-9H2. The molecule has 1 heterocycles. The van der Waals surface area contributed by atoms with E-state index >= 15 is 0 Å². The Morgan fingerprint density at radius 2 is 1.88 bits per heavy atom. The summed E-state index contributed by atoms with van der Waals surface area (Å²) in [6.45, 7) is 2.41. The quantitative estimate of drug-likeness (QED) is 0.762. The average Bonchev–Trinajstić information content (AvgIpc) is 3.04. The van der Waals surface area contributed by atoms with Crippen LogP contribution in [0.25, 0.3) is 0 Å². The van der Waals surface area contributed by atoms with E-state index in [0.29, 0.717) is 11.8 Å². The van der Waals surface area contributed by atoms with Gasteiger partial charge in [-0.15, -0.1) is 0 Å². The Balaban J connectivity index is 1.57. The van der Waals surface area contributed by atoms with Crippen molar-refractivity contribution in [3.63, 3.8) is 0 Å². The summed E-state index contributed by atoms with van der Waals surface area (Å²) in [5, 5.41) is 12.7. The molecule has 1 aromatic carbocycles. The third kappa shape index (κ3) is 2.14. The molecule has 3 rings (SSSR count). The highest BCUT2D eigenvalue weighted by Crippen LogP contribution is 2.30. The van der Waals surface area contributed by atoms with Crippen LogP contribution in [0.1, 0.15) is 19.3 Å². The molecule has 2 N–H and O–H groups in total. The zero-order chi connectivity index (χ0) is 11.0. The Kier molecular flexibility index (Phi) is 2.48. The third-order valence-electron chi connectivity index (χ3n) is 3.52. The zero-order valence-electron chi connectivity index (χ0n) is 9.39. The molecule has 1 aliphatic carbocycles. The van der Waals surface area contributed by atoms with E-state index in [1.165, 1.54) is 32.4 Å². The van der Waals surface area contributed by atoms with Gasteiger partial charge in [-0.05, 0) is 43.5 Å². The molecule has 2 fully saturated rings. The van der Waals surface area contributed by atoms with Gasteiger partial charge >= 0.3 is 0 Å². The van der Waals surface area contributed by atoms with E-state index in [1.807, 2.05) is 12.1 Å². The predicted octanol–water partition coefficient (Wildman–Crippen LogP) is 2.04. The van der Waals surface area contributed by atoms with Crippen molar-refractivity contribution < 1.29 is 5.11 Å². The van der Waals surface area contributed by atoms with Crippen molar-refractivity contribution in [3.05, 3.63) is 24.3 Å². The largest absolute Gasteiger partial charge is 0.508 e. The van der Waals surface area contributed by atoms with Crippen LogP contribution in [0.15, 0.2) is 24.3 Å². The molecule has 1 saturated carbocycles. The Labute approximate surface area is 96.1 Å². The van der Waals surface area contributed by atoms with Crippen molar-refractivity contribution in [1.29, 1.82) is 0 Å². The molecule has 3 nitrogen and oxygen atoms in total. The van der Waals surface area contributed by atoms with Gasteiger partial charge in [-0.25, -0.2) is 0 Å². The third-order valence-corrected chi connectivity index (χ3v) is 3.52. The van der Waals surface area contributed by atoms with E-state index < -0.39 is 0 Å². The summed E-state index contributed by atoms with van der Waals surface area (Å²) >= 11 is 0. The highest BCUT2D eigenvalue weighted by Gasteiger charge is 2.34. The Morgan fingerprint density at radius 3 is 2.56 bits per heavy atom. The van der Waals surface area contributed by atoms with Crippen LogP contribution < -0.4 is 5.32 Å². The first-order valence-corrected chi connectivity index (χ1v) is 6.11. The topological polar surface area (TPSA) is 35.5 Å². The number of phenolic OH excluding ortho intramolecular Hbond substituents is 1. The molecule has 1 aliphatic heterocycles. The van der Waals surface area contributed by atoms with Gasteiger partial charge in [0.25, 0.3) is 0 Å². The molecule has 0 bridgehead atoms. The molecule has 0 amide bonds. The summed E-state index contributed by atoms with van der Waals surface area (Å²) in [7, 11) is 0. The maximum absolute atomic E-state index is 9.20. The lowest BCUT2D eigenvalue weighted by Crippen LogP contribution is -2.27.